The summed E-state index contributed by atoms with van der Waals surface area (Å²) in [5.74, 6) is -4.66. The molecule has 0 aromatic carbocycles. The molecule has 108 valence electrons. The van der Waals surface area contributed by atoms with Gasteiger partial charge in [-0.3, -0.25) is 4.79 Å². The SMILES string of the molecule is NC1C=CC(C(=O)O)C1.O=C(O)C(O)C(O)C(=O)O. The van der Waals surface area contributed by atoms with Crippen molar-refractivity contribution in [2.45, 2.75) is 24.7 Å². The Bertz CT molecular complexity index is 362. The molecule has 1 rings (SSSR count). The van der Waals surface area contributed by atoms with E-state index in [1.807, 2.05) is 0 Å². The highest BCUT2D eigenvalue weighted by atomic mass is 16.4. The first-order valence-corrected chi connectivity index (χ1v) is 5.15. The maximum Gasteiger partial charge on any atom is 0.335 e. The van der Waals surface area contributed by atoms with Crippen LogP contribution in [0.5, 0.6) is 0 Å². The number of carbonyl (C=O) groups is 3. The van der Waals surface area contributed by atoms with Crippen molar-refractivity contribution in [3.05, 3.63) is 12.2 Å². The molecule has 7 N–H and O–H groups in total. The largest absolute Gasteiger partial charge is 0.481 e. The van der Waals surface area contributed by atoms with E-state index in [0.29, 0.717) is 6.42 Å². The summed E-state index contributed by atoms with van der Waals surface area (Å²) >= 11 is 0. The fourth-order valence-electron chi connectivity index (χ4n) is 1.18. The Hall–Kier alpha value is -1.97. The van der Waals surface area contributed by atoms with Crippen LogP contribution in [0.2, 0.25) is 0 Å². The minimum Gasteiger partial charge on any atom is -0.481 e. The Morgan fingerprint density at radius 2 is 1.42 bits per heavy atom. The third-order valence-corrected chi connectivity index (χ3v) is 2.24. The van der Waals surface area contributed by atoms with E-state index >= 15 is 0 Å². The van der Waals surface area contributed by atoms with Gasteiger partial charge in [-0.25, -0.2) is 9.59 Å². The average Bonchev–Trinajstić information content (AvgIpc) is 2.74. The second kappa shape index (κ2) is 7.46. The number of nitrogens with two attached hydrogens (primary N) is 1. The van der Waals surface area contributed by atoms with Crippen LogP contribution >= 0.6 is 0 Å². The van der Waals surface area contributed by atoms with Crippen molar-refractivity contribution in [2.75, 3.05) is 0 Å². The lowest BCUT2D eigenvalue weighted by Crippen LogP contribution is -2.39. The van der Waals surface area contributed by atoms with Crippen LogP contribution < -0.4 is 5.73 Å². The number of rotatable bonds is 4. The Balaban J connectivity index is 0.000000342. The Morgan fingerprint density at radius 1 is 1.00 bits per heavy atom. The molecule has 9 heteroatoms. The van der Waals surface area contributed by atoms with Crippen molar-refractivity contribution < 1.29 is 39.9 Å². The van der Waals surface area contributed by atoms with Gasteiger partial charge < -0.3 is 31.3 Å². The highest BCUT2D eigenvalue weighted by Crippen LogP contribution is 2.15. The maximum absolute atomic E-state index is 10.2. The van der Waals surface area contributed by atoms with Crippen LogP contribution in [-0.4, -0.2) is 61.7 Å². The van der Waals surface area contributed by atoms with Gasteiger partial charge in [0.05, 0.1) is 5.92 Å². The van der Waals surface area contributed by atoms with Crippen LogP contribution in [0.15, 0.2) is 12.2 Å². The first kappa shape index (κ1) is 17.0. The Morgan fingerprint density at radius 3 is 1.58 bits per heavy atom. The lowest BCUT2D eigenvalue weighted by Gasteiger charge is -2.07. The van der Waals surface area contributed by atoms with E-state index in [0.717, 1.165) is 0 Å². The monoisotopic (exact) mass is 277 g/mol. The molecule has 0 saturated heterocycles. The number of carboxylic acids is 3. The first-order chi connectivity index (χ1) is 8.66. The molecular weight excluding hydrogens is 262 g/mol. The molecule has 0 saturated carbocycles. The standard InChI is InChI=1S/C6H9NO2.C4H6O6/c7-5-2-1-4(3-5)6(8)9;5-1(3(7)8)2(6)4(9)10/h1-2,4-5H,3,7H2,(H,8,9);1-2,5-6H,(H,7,8)(H,9,10). The Labute approximate surface area is 107 Å². The highest BCUT2D eigenvalue weighted by Gasteiger charge is 2.29. The van der Waals surface area contributed by atoms with Crippen molar-refractivity contribution in [1.82, 2.24) is 0 Å². The number of hydrogen-bond donors (Lipinski definition) is 6. The number of aliphatic hydroxyl groups excluding tert-OH is 2. The van der Waals surface area contributed by atoms with Crippen LogP contribution in [0.1, 0.15) is 6.42 Å². The molecule has 0 aliphatic heterocycles. The van der Waals surface area contributed by atoms with Crippen LogP contribution in [0, 0.1) is 5.92 Å². The van der Waals surface area contributed by atoms with Crippen LogP contribution in [0.25, 0.3) is 0 Å². The minimum atomic E-state index is -2.27. The van der Waals surface area contributed by atoms with Crippen molar-refractivity contribution in [2.24, 2.45) is 11.7 Å². The van der Waals surface area contributed by atoms with Crippen molar-refractivity contribution in [3.8, 4) is 0 Å². The predicted octanol–water partition coefficient (Wildman–Crippen LogP) is -2.15. The lowest BCUT2D eigenvalue weighted by molar-refractivity contribution is -0.165. The zero-order valence-corrected chi connectivity index (χ0v) is 9.71. The summed E-state index contributed by atoms with van der Waals surface area (Å²) in [7, 11) is 0. The second-order valence-electron chi connectivity index (χ2n) is 3.80. The van der Waals surface area contributed by atoms with Crippen molar-refractivity contribution in [3.63, 3.8) is 0 Å². The molecule has 0 radical (unpaired) electrons. The Kier molecular flexibility index (Phi) is 6.69. The lowest BCUT2D eigenvalue weighted by atomic mass is 10.1. The molecule has 0 amide bonds. The number of hydrogen-bond acceptors (Lipinski definition) is 6. The van der Waals surface area contributed by atoms with Crippen LogP contribution in [0.4, 0.5) is 0 Å². The summed E-state index contributed by atoms with van der Waals surface area (Å²) in [6.07, 6.45) is -0.601. The molecule has 1 aliphatic carbocycles. The summed E-state index contributed by atoms with van der Waals surface area (Å²) in [5, 5.41) is 41.0. The maximum atomic E-state index is 10.2. The first-order valence-electron chi connectivity index (χ1n) is 5.15. The minimum absolute atomic E-state index is 0.0499. The summed E-state index contributed by atoms with van der Waals surface area (Å²) in [4.78, 5) is 29.8. The van der Waals surface area contributed by atoms with E-state index < -0.39 is 30.1 Å². The van der Waals surface area contributed by atoms with Gasteiger partial charge in [-0.05, 0) is 6.42 Å². The van der Waals surface area contributed by atoms with Gasteiger partial charge in [0.2, 0.25) is 0 Å². The van der Waals surface area contributed by atoms with E-state index in [4.69, 9.17) is 31.3 Å². The molecular formula is C10H15NO8. The molecule has 0 bridgehead atoms. The third-order valence-electron chi connectivity index (χ3n) is 2.24. The molecule has 4 unspecified atom stereocenters. The van der Waals surface area contributed by atoms with Gasteiger partial charge in [-0.2, -0.15) is 0 Å². The molecule has 19 heavy (non-hydrogen) atoms. The molecule has 0 heterocycles. The van der Waals surface area contributed by atoms with Crippen LogP contribution in [-0.2, 0) is 14.4 Å². The molecule has 0 aromatic rings. The predicted molar refractivity (Wildman–Crippen MR) is 60.1 cm³/mol. The zero-order chi connectivity index (χ0) is 15.2. The van der Waals surface area contributed by atoms with Crippen LogP contribution in [0.3, 0.4) is 0 Å². The quantitative estimate of drug-likeness (QED) is 0.312. The topological polar surface area (TPSA) is 178 Å². The molecule has 0 fully saturated rings. The van der Waals surface area contributed by atoms with E-state index in [1.54, 1.807) is 12.2 Å². The van der Waals surface area contributed by atoms with Gasteiger partial charge in [0, 0.05) is 6.04 Å². The highest BCUT2D eigenvalue weighted by molar-refractivity contribution is 5.83. The fourth-order valence-corrected chi connectivity index (χ4v) is 1.18. The molecule has 4 atom stereocenters. The third kappa shape index (κ3) is 5.95. The van der Waals surface area contributed by atoms with Crippen molar-refractivity contribution >= 4 is 17.9 Å². The summed E-state index contributed by atoms with van der Waals surface area (Å²) in [6.45, 7) is 0. The van der Waals surface area contributed by atoms with Gasteiger partial charge in [0.15, 0.2) is 12.2 Å². The smallest absolute Gasteiger partial charge is 0.335 e. The van der Waals surface area contributed by atoms with Gasteiger partial charge >= 0.3 is 17.9 Å². The molecule has 1 aliphatic rings. The van der Waals surface area contributed by atoms with E-state index in [-0.39, 0.29) is 12.0 Å². The molecule has 0 aromatic heterocycles. The number of carboxylic acid groups (broad SMARTS) is 3. The van der Waals surface area contributed by atoms with Gasteiger partial charge in [0.1, 0.15) is 0 Å². The van der Waals surface area contributed by atoms with E-state index in [2.05, 4.69) is 0 Å². The van der Waals surface area contributed by atoms with Gasteiger partial charge in [-0.15, -0.1) is 0 Å². The zero-order valence-electron chi connectivity index (χ0n) is 9.71. The van der Waals surface area contributed by atoms with E-state index in [9.17, 15) is 14.4 Å². The van der Waals surface area contributed by atoms with E-state index in [1.165, 1.54) is 0 Å². The second-order valence-corrected chi connectivity index (χ2v) is 3.80. The summed E-state index contributed by atoms with van der Waals surface area (Å²) in [6, 6.07) is -0.0499. The molecule has 0 spiro atoms. The normalized spacial score (nSPS) is 23.9. The summed E-state index contributed by atoms with van der Waals surface area (Å²) in [5.41, 5.74) is 5.41. The fraction of sp³-hybridized carbons (Fsp3) is 0.500. The van der Waals surface area contributed by atoms with Gasteiger partial charge in [-0.1, -0.05) is 12.2 Å². The molecule has 9 nitrogen and oxygen atoms in total. The number of aliphatic carboxylic acids is 3. The van der Waals surface area contributed by atoms with Crippen molar-refractivity contribution in [1.29, 1.82) is 0 Å². The van der Waals surface area contributed by atoms with Gasteiger partial charge in [0.25, 0.3) is 0 Å². The average molecular weight is 277 g/mol. The summed E-state index contributed by atoms with van der Waals surface area (Å²) < 4.78 is 0. The number of aliphatic hydroxyl groups is 2.